The predicted molar refractivity (Wildman–Crippen MR) is 88.3 cm³/mol. The number of likely N-dealkylation sites (N-methyl/N-ethyl adjacent to an activating group) is 1. The highest BCUT2D eigenvalue weighted by Gasteiger charge is 2.28. The Morgan fingerprint density at radius 1 is 1.29 bits per heavy atom. The molecule has 0 radical (unpaired) electrons. The van der Waals surface area contributed by atoms with Crippen LogP contribution in [-0.2, 0) is 0 Å². The van der Waals surface area contributed by atoms with E-state index in [0.717, 1.165) is 11.0 Å². The third-order valence-corrected chi connectivity index (χ3v) is 3.70. The molecular weight excluding hydrogens is 312 g/mol. The highest BCUT2D eigenvalue weighted by Crippen LogP contribution is 2.32. The summed E-state index contributed by atoms with van der Waals surface area (Å²) in [5.41, 5.74) is 1.22. The highest BCUT2D eigenvalue weighted by atomic mass is 16.6. The molecule has 0 fully saturated rings. The van der Waals surface area contributed by atoms with Gasteiger partial charge in [0.05, 0.1) is 22.6 Å². The molecule has 1 aromatic carbocycles. The smallest absolute Gasteiger partial charge is 0.354 e. The Hall–Kier alpha value is -3.07. The Morgan fingerprint density at radius 3 is 2.79 bits per heavy atom. The molecule has 2 heterocycles. The van der Waals surface area contributed by atoms with E-state index in [2.05, 4.69) is 15.0 Å². The first kappa shape index (κ1) is 15.8. The average molecular weight is 328 g/mol. The van der Waals surface area contributed by atoms with Crippen LogP contribution in [0.4, 0.5) is 11.5 Å². The molecule has 0 aliphatic heterocycles. The fourth-order valence-electron chi connectivity index (χ4n) is 2.59. The van der Waals surface area contributed by atoms with Gasteiger partial charge in [0.25, 0.3) is 0 Å². The molecular formula is C15H16N6O3. The maximum Gasteiger partial charge on any atom is 0.354 e. The van der Waals surface area contributed by atoms with Gasteiger partial charge in [-0.15, -0.1) is 0 Å². The molecule has 124 valence electrons. The second kappa shape index (κ2) is 6.59. The van der Waals surface area contributed by atoms with Crippen molar-refractivity contribution in [2.24, 2.45) is 0 Å². The molecule has 0 aliphatic carbocycles. The van der Waals surface area contributed by atoms with Crippen molar-refractivity contribution in [2.45, 2.75) is 6.92 Å². The van der Waals surface area contributed by atoms with Crippen LogP contribution in [0.5, 0.6) is 0 Å². The first-order valence-corrected chi connectivity index (χ1v) is 7.45. The maximum atomic E-state index is 11.7. The van der Waals surface area contributed by atoms with Gasteiger partial charge in [-0.2, -0.15) is 0 Å². The van der Waals surface area contributed by atoms with Crippen LogP contribution in [0.25, 0.3) is 16.9 Å². The number of nitro groups is 1. The molecule has 1 N–H and O–H groups in total. The van der Waals surface area contributed by atoms with Gasteiger partial charge < -0.3 is 10.0 Å². The van der Waals surface area contributed by atoms with Crippen LogP contribution in [0.3, 0.4) is 0 Å². The van der Waals surface area contributed by atoms with Crippen LogP contribution < -0.4 is 4.90 Å². The molecule has 0 aliphatic rings. The number of imidazole rings is 1. The Kier molecular flexibility index (Phi) is 4.34. The third kappa shape index (κ3) is 2.65. The second-order valence-electron chi connectivity index (χ2n) is 5.03. The highest BCUT2D eigenvalue weighted by molar-refractivity contribution is 5.79. The molecule has 0 atom stereocenters. The van der Waals surface area contributed by atoms with Gasteiger partial charge in [0.15, 0.2) is 0 Å². The molecule has 0 bridgehead atoms. The summed E-state index contributed by atoms with van der Waals surface area (Å²) in [7, 11) is 0. The number of hydrogen-bond donors (Lipinski definition) is 1. The number of aliphatic hydroxyl groups is 1. The van der Waals surface area contributed by atoms with Crippen molar-refractivity contribution in [3.05, 3.63) is 47.0 Å². The van der Waals surface area contributed by atoms with Gasteiger partial charge in [-0.05, 0) is 19.1 Å². The third-order valence-electron chi connectivity index (χ3n) is 3.70. The topological polar surface area (TPSA) is 110 Å². The average Bonchev–Trinajstić information content (AvgIpc) is 3.03. The van der Waals surface area contributed by atoms with Crippen LogP contribution in [0.2, 0.25) is 0 Å². The van der Waals surface area contributed by atoms with Crippen molar-refractivity contribution in [3.8, 4) is 5.82 Å². The Bertz CT molecular complexity index is 879. The summed E-state index contributed by atoms with van der Waals surface area (Å²) in [6, 6.07) is 7.32. The standard InChI is InChI=1S/C15H16N6O3/c1-2-19(7-8-22)14-13(21(23)24)15(17-9-16-14)20-10-18-11-5-3-4-6-12(11)20/h3-6,9-10,22H,2,7-8H2,1H3. The number of rotatable bonds is 6. The maximum absolute atomic E-state index is 11.7. The van der Waals surface area contributed by atoms with Crippen molar-refractivity contribution in [3.63, 3.8) is 0 Å². The van der Waals surface area contributed by atoms with Gasteiger partial charge in [0, 0.05) is 13.1 Å². The minimum atomic E-state index is -0.501. The zero-order chi connectivity index (χ0) is 17.1. The van der Waals surface area contributed by atoms with Crippen molar-refractivity contribution in [1.29, 1.82) is 0 Å². The molecule has 0 spiro atoms. The van der Waals surface area contributed by atoms with E-state index < -0.39 is 4.92 Å². The van der Waals surface area contributed by atoms with Crippen molar-refractivity contribution in [2.75, 3.05) is 24.6 Å². The minimum Gasteiger partial charge on any atom is -0.395 e. The van der Waals surface area contributed by atoms with Crippen LogP contribution in [-0.4, -0.2) is 49.2 Å². The molecule has 0 amide bonds. The molecule has 2 aromatic heterocycles. The summed E-state index contributed by atoms with van der Waals surface area (Å²) in [5.74, 6) is 0.328. The number of nitrogens with zero attached hydrogens (tertiary/aromatic N) is 6. The van der Waals surface area contributed by atoms with E-state index in [4.69, 9.17) is 0 Å². The molecule has 0 saturated heterocycles. The lowest BCUT2D eigenvalue weighted by molar-refractivity contribution is -0.384. The van der Waals surface area contributed by atoms with Gasteiger partial charge in [0.1, 0.15) is 12.7 Å². The van der Waals surface area contributed by atoms with Gasteiger partial charge in [-0.1, -0.05) is 12.1 Å². The molecule has 0 saturated carbocycles. The van der Waals surface area contributed by atoms with Crippen molar-refractivity contribution >= 4 is 22.5 Å². The summed E-state index contributed by atoms with van der Waals surface area (Å²) in [6.07, 6.45) is 2.79. The Balaban J connectivity index is 2.23. The lowest BCUT2D eigenvalue weighted by Crippen LogP contribution is -2.28. The largest absolute Gasteiger partial charge is 0.395 e. The zero-order valence-corrected chi connectivity index (χ0v) is 13.0. The summed E-state index contributed by atoms with van der Waals surface area (Å²) >= 11 is 0. The zero-order valence-electron chi connectivity index (χ0n) is 13.0. The molecule has 9 nitrogen and oxygen atoms in total. The van der Waals surface area contributed by atoms with Gasteiger partial charge >= 0.3 is 5.69 Å². The lowest BCUT2D eigenvalue weighted by atomic mass is 10.3. The number of benzene rings is 1. The molecule has 3 rings (SSSR count). The second-order valence-corrected chi connectivity index (χ2v) is 5.03. The first-order chi connectivity index (χ1) is 11.7. The number of aromatic nitrogens is 4. The van der Waals surface area contributed by atoms with E-state index in [1.54, 1.807) is 9.47 Å². The normalized spacial score (nSPS) is 10.9. The summed E-state index contributed by atoms with van der Waals surface area (Å²) < 4.78 is 1.57. The molecule has 24 heavy (non-hydrogen) atoms. The van der Waals surface area contributed by atoms with E-state index in [-0.39, 0.29) is 30.5 Å². The first-order valence-electron chi connectivity index (χ1n) is 7.45. The monoisotopic (exact) mass is 328 g/mol. The number of para-hydroxylation sites is 2. The molecule has 3 aromatic rings. The number of fused-ring (bicyclic) bond motifs is 1. The summed E-state index contributed by atoms with van der Waals surface area (Å²) in [5, 5.41) is 20.9. The Labute approximate surface area is 137 Å². The number of hydrogen-bond acceptors (Lipinski definition) is 7. The van der Waals surface area contributed by atoms with E-state index >= 15 is 0 Å². The van der Waals surface area contributed by atoms with E-state index in [0.29, 0.717) is 6.54 Å². The Morgan fingerprint density at radius 2 is 2.08 bits per heavy atom. The fourth-order valence-corrected chi connectivity index (χ4v) is 2.59. The predicted octanol–water partition coefficient (Wildman–Crippen LogP) is 1.54. The van der Waals surface area contributed by atoms with E-state index in [1.165, 1.54) is 12.7 Å². The van der Waals surface area contributed by atoms with Crippen LogP contribution in [0, 0.1) is 10.1 Å². The van der Waals surface area contributed by atoms with Crippen LogP contribution in [0.15, 0.2) is 36.9 Å². The fraction of sp³-hybridized carbons (Fsp3) is 0.267. The van der Waals surface area contributed by atoms with Crippen molar-refractivity contribution < 1.29 is 10.0 Å². The number of anilines is 1. The van der Waals surface area contributed by atoms with E-state index in [1.807, 2.05) is 31.2 Å². The summed E-state index contributed by atoms with van der Waals surface area (Å²) in [4.78, 5) is 25.3. The van der Waals surface area contributed by atoms with Crippen molar-refractivity contribution in [1.82, 2.24) is 19.5 Å². The lowest BCUT2D eigenvalue weighted by Gasteiger charge is -2.20. The number of aliphatic hydroxyl groups excluding tert-OH is 1. The van der Waals surface area contributed by atoms with Gasteiger partial charge in [-0.25, -0.2) is 15.0 Å². The minimum absolute atomic E-state index is 0.127. The van der Waals surface area contributed by atoms with Crippen LogP contribution >= 0.6 is 0 Å². The summed E-state index contributed by atoms with van der Waals surface area (Å²) in [6.45, 7) is 2.44. The molecule has 0 unspecified atom stereocenters. The quantitative estimate of drug-likeness (QED) is 0.540. The van der Waals surface area contributed by atoms with E-state index in [9.17, 15) is 15.2 Å². The van der Waals surface area contributed by atoms with Crippen LogP contribution in [0.1, 0.15) is 6.92 Å². The van der Waals surface area contributed by atoms with Gasteiger partial charge in [0.2, 0.25) is 11.6 Å². The van der Waals surface area contributed by atoms with Gasteiger partial charge in [-0.3, -0.25) is 14.7 Å². The SMILES string of the molecule is CCN(CCO)c1ncnc(-n2cnc3ccccc32)c1[N+](=O)[O-]. The molecule has 9 heteroatoms.